The van der Waals surface area contributed by atoms with E-state index >= 15 is 0 Å². The van der Waals surface area contributed by atoms with Crippen molar-refractivity contribution >= 4 is 6.08 Å². The van der Waals surface area contributed by atoms with E-state index in [1.165, 1.54) is 0 Å². The normalized spacial score (nSPS) is 11.1. The van der Waals surface area contributed by atoms with E-state index in [1.54, 1.807) is 0 Å². The summed E-state index contributed by atoms with van der Waals surface area (Å²) in [5.41, 5.74) is 0. The monoisotopic (exact) mass is 152 g/mol. The van der Waals surface area contributed by atoms with Gasteiger partial charge in [-0.15, -0.1) is 0 Å². The first-order valence-electron chi connectivity index (χ1n) is 3.67. The summed E-state index contributed by atoms with van der Waals surface area (Å²) in [5, 5.41) is 8.47. The molecule has 0 radical (unpaired) electrons. The van der Waals surface area contributed by atoms with Crippen LogP contribution in [0.4, 0.5) is 0 Å². The van der Waals surface area contributed by atoms with E-state index in [-0.39, 0.29) is 6.61 Å². The average molecular weight is 152 g/mol. The number of hydrogen-bond acceptors (Lipinski definition) is 2. The van der Waals surface area contributed by atoms with Gasteiger partial charge in [0.25, 0.3) is 0 Å². The zero-order valence-electron chi connectivity index (χ0n) is 6.58. The molecule has 0 saturated heterocycles. The summed E-state index contributed by atoms with van der Waals surface area (Å²) in [6.07, 6.45) is 4.43. The fourth-order valence-corrected chi connectivity index (χ4v) is 0.817. The van der Waals surface area contributed by atoms with Gasteiger partial charge in [0.1, 0.15) is 11.5 Å². The Balaban J connectivity index is 2.50. The first-order chi connectivity index (χ1) is 5.33. The van der Waals surface area contributed by atoms with E-state index in [0.29, 0.717) is 6.42 Å². The minimum absolute atomic E-state index is 0.191. The van der Waals surface area contributed by atoms with Gasteiger partial charge in [0, 0.05) is 6.61 Å². The molecule has 2 heteroatoms. The highest BCUT2D eigenvalue weighted by atomic mass is 16.3. The van der Waals surface area contributed by atoms with Gasteiger partial charge in [-0.25, -0.2) is 0 Å². The summed E-state index contributed by atoms with van der Waals surface area (Å²) in [4.78, 5) is 0. The Morgan fingerprint density at radius 2 is 2.36 bits per heavy atom. The minimum Gasteiger partial charge on any atom is -0.462 e. The van der Waals surface area contributed by atoms with Crippen molar-refractivity contribution in [3.63, 3.8) is 0 Å². The van der Waals surface area contributed by atoms with Crippen LogP contribution in [0.1, 0.15) is 17.9 Å². The van der Waals surface area contributed by atoms with E-state index in [9.17, 15) is 0 Å². The molecule has 0 aliphatic carbocycles. The van der Waals surface area contributed by atoms with Gasteiger partial charge >= 0.3 is 0 Å². The third-order valence-corrected chi connectivity index (χ3v) is 1.34. The van der Waals surface area contributed by atoms with Gasteiger partial charge in [-0.3, -0.25) is 0 Å². The standard InChI is InChI=1S/C9H12O2/c1-8-5-6-9(11-8)4-2-3-7-10/h2,4-6,10H,3,7H2,1H3. The summed E-state index contributed by atoms with van der Waals surface area (Å²) < 4.78 is 5.26. The number of hydrogen-bond donors (Lipinski definition) is 1. The van der Waals surface area contributed by atoms with Gasteiger partial charge in [0.15, 0.2) is 0 Å². The molecule has 0 aromatic carbocycles. The average Bonchev–Trinajstić information content (AvgIpc) is 2.37. The quantitative estimate of drug-likeness (QED) is 0.718. The molecule has 2 nitrogen and oxygen atoms in total. The number of aliphatic hydroxyl groups is 1. The molecule has 1 N–H and O–H groups in total. The minimum atomic E-state index is 0.191. The molecule has 1 aromatic rings. The molecule has 0 amide bonds. The molecule has 1 aromatic heterocycles. The van der Waals surface area contributed by atoms with Crippen molar-refractivity contribution in [1.82, 2.24) is 0 Å². The van der Waals surface area contributed by atoms with Gasteiger partial charge in [0.2, 0.25) is 0 Å². The lowest BCUT2D eigenvalue weighted by molar-refractivity contribution is 0.303. The molecule has 0 fully saturated rings. The van der Waals surface area contributed by atoms with Gasteiger partial charge in [-0.1, -0.05) is 6.08 Å². The highest BCUT2D eigenvalue weighted by molar-refractivity contribution is 5.42. The number of aliphatic hydroxyl groups excluding tert-OH is 1. The Morgan fingerprint density at radius 3 is 2.91 bits per heavy atom. The molecule has 0 aliphatic heterocycles. The molecule has 0 bridgehead atoms. The van der Waals surface area contributed by atoms with Crippen LogP contribution in [0.2, 0.25) is 0 Å². The van der Waals surface area contributed by atoms with Crippen molar-refractivity contribution < 1.29 is 9.52 Å². The summed E-state index contributed by atoms with van der Waals surface area (Å²) in [6.45, 7) is 2.10. The van der Waals surface area contributed by atoms with Crippen LogP contribution < -0.4 is 0 Å². The second kappa shape index (κ2) is 3.98. The van der Waals surface area contributed by atoms with Crippen LogP contribution in [0, 0.1) is 6.92 Å². The molecule has 0 spiro atoms. The van der Waals surface area contributed by atoms with Crippen LogP contribution in [-0.2, 0) is 0 Å². The van der Waals surface area contributed by atoms with Crippen LogP contribution in [0.25, 0.3) is 6.08 Å². The first kappa shape index (κ1) is 8.08. The molecular weight excluding hydrogens is 140 g/mol. The maximum atomic E-state index is 8.47. The Bertz CT molecular complexity index is 235. The predicted octanol–water partition coefficient (Wildman–Crippen LogP) is 1.98. The van der Waals surface area contributed by atoms with Crippen molar-refractivity contribution in [1.29, 1.82) is 0 Å². The van der Waals surface area contributed by atoms with Crippen molar-refractivity contribution in [2.24, 2.45) is 0 Å². The molecule has 1 rings (SSSR count). The number of aryl methyl sites for hydroxylation is 1. The third-order valence-electron chi connectivity index (χ3n) is 1.34. The molecule has 0 unspecified atom stereocenters. The lowest BCUT2D eigenvalue weighted by Crippen LogP contribution is -1.74. The summed E-state index contributed by atoms with van der Waals surface area (Å²) >= 11 is 0. The maximum Gasteiger partial charge on any atom is 0.126 e. The lowest BCUT2D eigenvalue weighted by Gasteiger charge is -1.84. The molecule has 1 heterocycles. The SMILES string of the molecule is Cc1ccc(C=CCCO)o1. The van der Waals surface area contributed by atoms with Gasteiger partial charge < -0.3 is 9.52 Å². The van der Waals surface area contributed by atoms with Gasteiger partial charge in [-0.05, 0) is 31.6 Å². The van der Waals surface area contributed by atoms with Crippen LogP contribution in [0.15, 0.2) is 22.6 Å². The Labute approximate surface area is 66.2 Å². The fraction of sp³-hybridized carbons (Fsp3) is 0.333. The zero-order chi connectivity index (χ0) is 8.10. The highest BCUT2D eigenvalue weighted by Crippen LogP contribution is 2.07. The smallest absolute Gasteiger partial charge is 0.126 e. The summed E-state index contributed by atoms with van der Waals surface area (Å²) in [5.74, 6) is 1.75. The van der Waals surface area contributed by atoms with Crippen molar-refractivity contribution in [3.05, 3.63) is 29.7 Å². The largest absolute Gasteiger partial charge is 0.462 e. The Morgan fingerprint density at radius 1 is 1.55 bits per heavy atom. The molecule has 0 saturated carbocycles. The molecule has 11 heavy (non-hydrogen) atoms. The zero-order valence-corrected chi connectivity index (χ0v) is 6.58. The van der Waals surface area contributed by atoms with Crippen LogP contribution in [-0.4, -0.2) is 11.7 Å². The van der Waals surface area contributed by atoms with Gasteiger partial charge in [0.05, 0.1) is 0 Å². The molecule has 60 valence electrons. The van der Waals surface area contributed by atoms with E-state index in [1.807, 2.05) is 31.2 Å². The molecular formula is C9H12O2. The number of furan rings is 1. The van der Waals surface area contributed by atoms with Crippen molar-refractivity contribution in [2.45, 2.75) is 13.3 Å². The Hall–Kier alpha value is -1.02. The predicted molar refractivity (Wildman–Crippen MR) is 44.2 cm³/mol. The topological polar surface area (TPSA) is 33.4 Å². The van der Waals surface area contributed by atoms with Crippen LogP contribution in [0.3, 0.4) is 0 Å². The molecule has 0 atom stereocenters. The van der Waals surface area contributed by atoms with E-state index in [0.717, 1.165) is 11.5 Å². The van der Waals surface area contributed by atoms with E-state index in [2.05, 4.69) is 0 Å². The van der Waals surface area contributed by atoms with Crippen molar-refractivity contribution in [2.75, 3.05) is 6.61 Å². The van der Waals surface area contributed by atoms with Crippen LogP contribution >= 0.6 is 0 Å². The van der Waals surface area contributed by atoms with E-state index in [4.69, 9.17) is 9.52 Å². The Kier molecular flexibility index (Phi) is 2.93. The second-order valence-corrected chi connectivity index (χ2v) is 2.36. The summed E-state index contributed by atoms with van der Waals surface area (Å²) in [6, 6.07) is 3.82. The van der Waals surface area contributed by atoms with Gasteiger partial charge in [-0.2, -0.15) is 0 Å². The lowest BCUT2D eigenvalue weighted by atomic mass is 10.3. The highest BCUT2D eigenvalue weighted by Gasteiger charge is 1.90. The molecule has 0 aliphatic rings. The van der Waals surface area contributed by atoms with Crippen molar-refractivity contribution in [3.8, 4) is 0 Å². The van der Waals surface area contributed by atoms with E-state index < -0.39 is 0 Å². The maximum absolute atomic E-state index is 8.47. The summed E-state index contributed by atoms with van der Waals surface area (Å²) in [7, 11) is 0. The fourth-order valence-electron chi connectivity index (χ4n) is 0.817. The van der Waals surface area contributed by atoms with Crippen LogP contribution in [0.5, 0.6) is 0 Å². The first-order valence-corrected chi connectivity index (χ1v) is 3.67. The second-order valence-electron chi connectivity index (χ2n) is 2.36. The third kappa shape index (κ3) is 2.60. The number of rotatable bonds is 3.